The van der Waals surface area contributed by atoms with Crippen molar-refractivity contribution in [3.05, 3.63) is 0 Å². The first-order valence-electron chi connectivity index (χ1n) is 3.20. The summed E-state index contributed by atoms with van der Waals surface area (Å²) in [6, 6.07) is 0. The fourth-order valence-electron chi connectivity index (χ4n) is 0.643. The van der Waals surface area contributed by atoms with Crippen molar-refractivity contribution in [3.8, 4) is 0 Å². The molecule has 10 heavy (non-hydrogen) atoms. The second-order valence-electron chi connectivity index (χ2n) is 1.68. The van der Waals surface area contributed by atoms with Crippen molar-refractivity contribution in [1.29, 1.82) is 0 Å². The van der Waals surface area contributed by atoms with Crippen LogP contribution in [0, 0.1) is 0 Å². The van der Waals surface area contributed by atoms with E-state index in [2.05, 4.69) is 6.92 Å². The van der Waals surface area contributed by atoms with Gasteiger partial charge in [-0.25, -0.2) is 0 Å². The van der Waals surface area contributed by atoms with Gasteiger partial charge in [-0.1, -0.05) is 6.92 Å². The fourth-order valence-corrected chi connectivity index (χ4v) is 0.643. The molecule has 0 N–H and O–H groups in total. The van der Waals surface area contributed by atoms with Gasteiger partial charge in [0.1, 0.15) is 0 Å². The zero-order valence-electron chi connectivity index (χ0n) is 5.98. The molecule has 1 aliphatic heterocycles. The zero-order chi connectivity index (χ0) is 7.82. The molecular weight excluding hydrogens is 228 g/mol. The molecule has 0 saturated carbocycles. The van der Waals surface area contributed by atoms with Crippen LogP contribution in [0.2, 0.25) is 0 Å². The molecule has 5 heteroatoms. The monoisotopic (exact) mass is 236 g/mol. The van der Waals surface area contributed by atoms with Gasteiger partial charge in [-0.15, -0.1) is 0 Å². The molecular formula is C5H10Cl2O2Zn. The third-order valence-electron chi connectivity index (χ3n) is 1.02. The van der Waals surface area contributed by atoms with E-state index in [0.717, 1.165) is 19.6 Å². The van der Waals surface area contributed by atoms with Crippen LogP contribution in [0.5, 0.6) is 0 Å². The van der Waals surface area contributed by atoms with E-state index in [-0.39, 0.29) is 6.29 Å². The Hall–Kier alpha value is 1.12. The van der Waals surface area contributed by atoms with Crippen LogP contribution in [0.15, 0.2) is 0 Å². The van der Waals surface area contributed by atoms with E-state index >= 15 is 0 Å². The van der Waals surface area contributed by atoms with Crippen LogP contribution in [0.1, 0.15) is 13.3 Å². The molecule has 0 aliphatic carbocycles. The van der Waals surface area contributed by atoms with Crippen molar-refractivity contribution in [3.63, 3.8) is 0 Å². The minimum atomic E-state index is -0.931. The Morgan fingerprint density at radius 2 is 1.80 bits per heavy atom. The van der Waals surface area contributed by atoms with Gasteiger partial charge in [0.25, 0.3) is 0 Å². The Morgan fingerprint density at radius 1 is 1.40 bits per heavy atom. The second kappa shape index (κ2) is 8.22. The molecule has 0 amide bonds. The molecule has 1 fully saturated rings. The Labute approximate surface area is 76.8 Å². The van der Waals surface area contributed by atoms with Crippen LogP contribution in [-0.2, 0) is 24.6 Å². The molecule has 0 aromatic rings. The molecule has 1 rings (SSSR count). The average molecular weight is 238 g/mol. The molecule has 58 valence electrons. The molecule has 0 unspecified atom stereocenters. The first-order valence-corrected chi connectivity index (χ1v) is 11.0. The Morgan fingerprint density at radius 3 is 2.00 bits per heavy atom. The summed E-state index contributed by atoms with van der Waals surface area (Å²) in [5, 5.41) is 0. The van der Waals surface area contributed by atoms with Crippen LogP contribution in [0.4, 0.5) is 0 Å². The van der Waals surface area contributed by atoms with Crippen molar-refractivity contribution in [2.75, 3.05) is 13.2 Å². The number of halogens is 2. The molecule has 1 heterocycles. The van der Waals surface area contributed by atoms with Crippen molar-refractivity contribution >= 4 is 19.4 Å². The van der Waals surface area contributed by atoms with Gasteiger partial charge in [0.2, 0.25) is 0 Å². The van der Waals surface area contributed by atoms with E-state index in [0.29, 0.717) is 0 Å². The molecule has 2 nitrogen and oxygen atoms in total. The molecule has 0 aromatic carbocycles. The predicted octanol–water partition coefficient (Wildman–Crippen LogP) is 2.15. The third kappa shape index (κ3) is 5.87. The second-order valence-corrected chi connectivity index (χ2v) is 6.30. The fraction of sp³-hybridized carbons (Fsp3) is 1.00. The molecule has 1 saturated heterocycles. The first kappa shape index (κ1) is 11.1. The average Bonchev–Trinajstić information content (AvgIpc) is 2.39. The Kier molecular flexibility index (Phi) is 9.15. The standard InChI is InChI=1S/C5H10O2.2ClH.Zn/c1-2-5-6-3-4-7-5;;;/h5H,2-4H2,1H3;2*1H;/q;;;+2/p-2. The van der Waals surface area contributed by atoms with Crippen LogP contribution >= 0.6 is 19.4 Å². The van der Waals surface area contributed by atoms with Crippen molar-refractivity contribution in [2.45, 2.75) is 19.6 Å². The van der Waals surface area contributed by atoms with E-state index in [1.807, 2.05) is 0 Å². The quantitative estimate of drug-likeness (QED) is 0.652. The van der Waals surface area contributed by atoms with E-state index in [4.69, 9.17) is 28.9 Å². The predicted molar refractivity (Wildman–Crippen MR) is 37.7 cm³/mol. The summed E-state index contributed by atoms with van der Waals surface area (Å²) in [4.78, 5) is 0. The van der Waals surface area contributed by atoms with Gasteiger partial charge in [-0.2, -0.15) is 0 Å². The van der Waals surface area contributed by atoms with E-state index in [1.54, 1.807) is 0 Å². The van der Waals surface area contributed by atoms with Gasteiger partial charge in [0, 0.05) is 0 Å². The van der Waals surface area contributed by atoms with E-state index in [1.165, 1.54) is 0 Å². The summed E-state index contributed by atoms with van der Waals surface area (Å²) < 4.78 is 10.2. The molecule has 0 atom stereocenters. The molecule has 0 aromatic heterocycles. The van der Waals surface area contributed by atoms with Crippen molar-refractivity contribution < 1.29 is 24.6 Å². The number of ether oxygens (including phenoxy) is 2. The molecule has 0 spiro atoms. The van der Waals surface area contributed by atoms with Gasteiger partial charge in [-0.3, -0.25) is 0 Å². The summed E-state index contributed by atoms with van der Waals surface area (Å²) in [6.45, 7) is 3.60. The maximum absolute atomic E-state index is 5.08. The summed E-state index contributed by atoms with van der Waals surface area (Å²) in [6.07, 6.45) is 1.07. The van der Waals surface area contributed by atoms with Gasteiger partial charge >= 0.3 is 34.5 Å². The number of rotatable bonds is 1. The van der Waals surface area contributed by atoms with Gasteiger partial charge in [-0.05, 0) is 6.42 Å². The number of hydrogen-bond donors (Lipinski definition) is 0. The van der Waals surface area contributed by atoms with Gasteiger partial charge in [0.05, 0.1) is 13.2 Å². The van der Waals surface area contributed by atoms with Crippen LogP contribution in [0.3, 0.4) is 0 Å². The maximum atomic E-state index is 5.08. The molecule has 0 radical (unpaired) electrons. The van der Waals surface area contributed by atoms with E-state index < -0.39 is 15.1 Å². The summed E-state index contributed by atoms with van der Waals surface area (Å²) >= 11 is -0.931. The Bertz CT molecular complexity index is 68.7. The topological polar surface area (TPSA) is 18.5 Å². The Balaban J connectivity index is 0.000000236. The first-order chi connectivity index (χ1) is 4.85. The summed E-state index contributed by atoms with van der Waals surface area (Å²) in [5.74, 6) is 0. The van der Waals surface area contributed by atoms with Crippen LogP contribution in [0.25, 0.3) is 0 Å². The molecule has 1 aliphatic rings. The van der Waals surface area contributed by atoms with Gasteiger partial charge in [0.15, 0.2) is 6.29 Å². The number of hydrogen-bond acceptors (Lipinski definition) is 2. The minimum absolute atomic E-state index is 0.0972. The normalized spacial score (nSPS) is 17.5. The molecule has 0 bridgehead atoms. The van der Waals surface area contributed by atoms with Crippen LogP contribution < -0.4 is 0 Å². The zero-order valence-corrected chi connectivity index (χ0v) is 10.5. The van der Waals surface area contributed by atoms with Crippen LogP contribution in [-0.4, -0.2) is 19.5 Å². The van der Waals surface area contributed by atoms with Crippen molar-refractivity contribution in [2.24, 2.45) is 0 Å². The van der Waals surface area contributed by atoms with E-state index in [9.17, 15) is 0 Å². The summed E-state index contributed by atoms with van der Waals surface area (Å²) in [7, 11) is 9.90. The third-order valence-corrected chi connectivity index (χ3v) is 1.02. The summed E-state index contributed by atoms with van der Waals surface area (Å²) in [5.41, 5.74) is 0. The van der Waals surface area contributed by atoms with Gasteiger partial charge < -0.3 is 9.47 Å². The van der Waals surface area contributed by atoms with Crippen molar-refractivity contribution in [1.82, 2.24) is 0 Å². The SMILES string of the molecule is CCC1OCCO1.[Cl][Zn][Cl].